The highest BCUT2D eigenvalue weighted by Crippen LogP contribution is 2.30. The molecular weight excluding hydrogens is 340 g/mol. The molecule has 0 fully saturated rings. The average Bonchev–Trinajstić information content (AvgIpc) is 2.65. The summed E-state index contributed by atoms with van der Waals surface area (Å²) in [6.45, 7) is 0.199. The fourth-order valence-corrected chi connectivity index (χ4v) is 2.28. The van der Waals surface area contributed by atoms with Crippen molar-refractivity contribution in [1.82, 2.24) is 0 Å². The molecule has 1 N–H and O–H groups in total. The van der Waals surface area contributed by atoms with E-state index in [1.54, 1.807) is 30.3 Å². The number of anilines is 1. The lowest BCUT2D eigenvalue weighted by Crippen LogP contribution is -2.13. The summed E-state index contributed by atoms with van der Waals surface area (Å²) in [6.07, 6.45) is 0.639. The van der Waals surface area contributed by atoms with Gasteiger partial charge in [0.25, 0.3) is 0 Å². The lowest BCUT2D eigenvalue weighted by molar-refractivity contribution is -0.385. The maximum absolute atomic E-state index is 12.0. The maximum atomic E-state index is 12.0. The molecule has 0 aromatic heterocycles. The number of hydrogen-bond acceptors (Lipinski definition) is 6. The Balaban J connectivity index is 1.82. The fourth-order valence-electron chi connectivity index (χ4n) is 2.28. The molecule has 8 heteroatoms. The molecule has 0 bridgehead atoms. The van der Waals surface area contributed by atoms with E-state index in [1.807, 2.05) is 0 Å². The van der Waals surface area contributed by atoms with E-state index in [9.17, 15) is 14.9 Å². The lowest BCUT2D eigenvalue weighted by Gasteiger charge is -2.11. The van der Waals surface area contributed by atoms with Crippen LogP contribution in [0.15, 0.2) is 42.5 Å². The summed E-state index contributed by atoms with van der Waals surface area (Å²) in [4.78, 5) is 22.4. The van der Waals surface area contributed by atoms with Gasteiger partial charge in [0.1, 0.15) is 0 Å². The first-order valence-corrected chi connectivity index (χ1v) is 7.93. The SMILES string of the molecule is COc1ccc(NC(=O)CCCOc2ccccc2[N+](=O)[O-])cc1OC. The number of carbonyl (C=O) groups excluding carboxylic acids is 1. The van der Waals surface area contributed by atoms with Gasteiger partial charge in [0.05, 0.1) is 25.7 Å². The molecule has 0 heterocycles. The molecule has 0 unspecified atom stereocenters. The first kappa shape index (κ1) is 19.0. The zero-order chi connectivity index (χ0) is 18.9. The predicted molar refractivity (Wildman–Crippen MR) is 96.0 cm³/mol. The number of hydrogen-bond donors (Lipinski definition) is 1. The Labute approximate surface area is 150 Å². The van der Waals surface area contributed by atoms with E-state index in [4.69, 9.17) is 14.2 Å². The Morgan fingerprint density at radius 2 is 1.81 bits per heavy atom. The highest BCUT2D eigenvalue weighted by molar-refractivity contribution is 5.91. The van der Waals surface area contributed by atoms with Crippen LogP contribution in [0.5, 0.6) is 17.2 Å². The molecule has 2 rings (SSSR count). The molecule has 0 saturated heterocycles. The number of benzene rings is 2. The van der Waals surface area contributed by atoms with Crippen LogP contribution in [0.4, 0.5) is 11.4 Å². The molecular formula is C18H20N2O6. The zero-order valence-corrected chi connectivity index (χ0v) is 14.6. The van der Waals surface area contributed by atoms with Crippen LogP contribution in [0.3, 0.4) is 0 Å². The van der Waals surface area contributed by atoms with Crippen LogP contribution in [-0.4, -0.2) is 31.7 Å². The van der Waals surface area contributed by atoms with Gasteiger partial charge in [-0.1, -0.05) is 12.1 Å². The molecule has 0 aliphatic carbocycles. The lowest BCUT2D eigenvalue weighted by atomic mass is 10.2. The molecule has 1 amide bonds. The summed E-state index contributed by atoms with van der Waals surface area (Å²) in [5.74, 6) is 1.09. The van der Waals surface area contributed by atoms with E-state index in [-0.39, 0.29) is 30.4 Å². The first-order chi connectivity index (χ1) is 12.5. The van der Waals surface area contributed by atoms with E-state index in [0.717, 1.165) is 0 Å². The Hall–Kier alpha value is -3.29. The standard InChI is InChI=1S/C18H20N2O6/c1-24-16-10-9-13(12-17(16)25-2)19-18(21)8-5-11-26-15-7-4-3-6-14(15)20(22)23/h3-4,6-7,9-10,12H,5,8,11H2,1-2H3,(H,19,21). The molecule has 8 nitrogen and oxygen atoms in total. The minimum Gasteiger partial charge on any atom is -0.493 e. The van der Waals surface area contributed by atoms with E-state index in [1.165, 1.54) is 26.4 Å². The number of nitrogens with one attached hydrogen (secondary N) is 1. The molecule has 0 saturated carbocycles. The number of para-hydroxylation sites is 2. The number of nitro benzene ring substituents is 1. The summed E-state index contributed by atoms with van der Waals surface area (Å²) in [5, 5.41) is 13.7. The van der Waals surface area contributed by atoms with Crippen molar-refractivity contribution in [2.24, 2.45) is 0 Å². The Morgan fingerprint density at radius 3 is 2.50 bits per heavy atom. The Kier molecular flexibility index (Phi) is 6.78. The average molecular weight is 360 g/mol. The van der Waals surface area contributed by atoms with Gasteiger partial charge < -0.3 is 19.5 Å². The quantitative estimate of drug-likeness (QED) is 0.418. The number of nitro groups is 1. The van der Waals surface area contributed by atoms with E-state index in [2.05, 4.69) is 5.32 Å². The topological polar surface area (TPSA) is 99.9 Å². The maximum Gasteiger partial charge on any atom is 0.310 e. The van der Waals surface area contributed by atoms with Crippen LogP contribution in [0.25, 0.3) is 0 Å². The van der Waals surface area contributed by atoms with Crippen molar-refractivity contribution in [3.05, 3.63) is 52.6 Å². The third kappa shape index (κ3) is 5.10. The number of methoxy groups -OCH3 is 2. The van der Waals surface area contributed by atoms with Gasteiger partial charge in [0, 0.05) is 24.2 Å². The van der Waals surface area contributed by atoms with Crippen LogP contribution in [-0.2, 0) is 4.79 Å². The number of nitrogens with zero attached hydrogens (tertiary/aromatic N) is 1. The highest BCUT2D eigenvalue weighted by Gasteiger charge is 2.13. The van der Waals surface area contributed by atoms with Gasteiger partial charge in [-0.05, 0) is 24.6 Å². The normalized spacial score (nSPS) is 10.1. The monoisotopic (exact) mass is 360 g/mol. The number of rotatable bonds is 9. The summed E-state index contributed by atoms with van der Waals surface area (Å²) in [5.41, 5.74) is 0.495. The number of amides is 1. The minimum absolute atomic E-state index is 0.0951. The molecule has 0 radical (unpaired) electrons. The van der Waals surface area contributed by atoms with Crippen LogP contribution >= 0.6 is 0 Å². The second kappa shape index (κ2) is 9.26. The van der Waals surface area contributed by atoms with Crippen molar-refractivity contribution in [2.45, 2.75) is 12.8 Å². The van der Waals surface area contributed by atoms with Crippen molar-refractivity contribution >= 4 is 17.3 Å². The van der Waals surface area contributed by atoms with Crippen molar-refractivity contribution in [2.75, 3.05) is 26.1 Å². The second-order valence-electron chi connectivity index (χ2n) is 5.29. The molecule has 0 spiro atoms. The highest BCUT2D eigenvalue weighted by atomic mass is 16.6. The first-order valence-electron chi connectivity index (χ1n) is 7.93. The van der Waals surface area contributed by atoms with Gasteiger partial charge in [-0.25, -0.2) is 0 Å². The van der Waals surface area contributed by atoms with Crippen molar-refractivity contribution in [3.63, 3.8) is 0 Å². The zero-order valence-electron chi connectivity index (χ0n) is 14.6. The smallest absolute Gasteiger partial charge is 0.310 e. The summed E-state index contributed by atoms with van der Waals surface area (Å²) in [6, 6.07) is 11.2. The molecule has 2 aromatic rings. The molecule has 0 aliphatic rings. The van der Waals surface area contributed by atoms with Crippen LogP contribution in [0.2, 0.25) is 0 Å². The number of carbonyl (C=O) groups is 1. The second-order valence-corrected chi connectivity index (χ2v) is 5.29. The molecule has 26 heavy (non-hydrogen) atoms. The van der Waals surface area contributed by atoms with Crippen molar-refractivity contribution in [1.29, 1.82) is 0 Å². The van der Waals surface area contributed by atoms with E-state index in [0.29, 0.717) is 23.6 Å². The van der Waals surface area contributed by atoms with Gasteiger partial charge >= 0.3 is 5.69 Å². The third-order valence-corrected chi connectivity index (χ3v) is 3.53. The van der Waals surface area contributed by atoms with Crippen LogP contribution < -0.4 is 19.5 Å². The summed E-state index contributed by atoms with van der Waals surface area (Å²) >= 11 is 0. The van der Waals surface area contributed by atoms with Crippen LogP contribution in [0.1, 0.15) is 12.8 Å². The summed E-state index contributed by atoms with van der Waals surface area (Å²) < 4.78 is 15.7. The largest absolute Gasteiger partial charge is 0.493 e. The molecule has 2 aromatic carbocycles. The Morgan fingerprint density at radius 1 is 1.08 bits per heavy atom. The predicted octanol–water partition coefficient (Wildman–Crippen LogP) is 3.41. The fraction of sp³-hybridized carbons (Fsp3) is 0.278. The third-order valence-electron chi connectivity index (χ3n) is 3.53. The molecule has 0 atom stereocenters. The van der Waals surface area contributed by atoms with Crippen molar-refractivity contribution in [3.8, 4) is 17.2 Å². The molecule has 138 valence electrons. The van der Waals surface area contributed by atoms with Gasteiger partial charge in [-0.15, -0.1) is 0 Å². The van der Waals surface area contributed by atoms with Crippen molar-refractivity contribution < 1.29 is 23.9 Å². The van der Waals surface area contributed by atoms with Crippen LogP contribution in [0, 0.1) is 10.1 Å². The van der Waals surface area contributed by atoms with Gasteiger partial charge in [-0.3, -0.25) is 14.9 Å². The van der Waals surface area contributed by atoms with E-state index < -0.39 is 4.92 Å². The Bertz CT molecular complexity index is 778. The molecule has 0 aliphatic heterocycles. The van der Waals surface area contributed by atoms with Gasteiger partial charge in [0.2, 0.25) is 5.91 Å². The van der Waals surface area contributed by atoms with Gasteiger partial charge in [-0.2, -0.15) is 0 Å². The summed E-state index contributed by atoms with van der Waals surface area (Å²) in [7, 11) is 3.05. The number of ether oxygens (including phenoxy) is 3. The van der Waals surface area contributed by atoms with Gasteiger partial charge in [0.15, 0.2) is 17.2 Å². The minimum atomic E-state index is -0.501. The van der Waals surface area contributed by atoms with E-state index >= 15 is 0 Å².